The van der Waals surface area contributed by atoms with Crippen LogP contribution in [0.2, 0.25) is 0 Å². The maximum absolute atomic E-state index is 9.92. The molecule has 0 amide bonds. The summed E-state index contributed by atoms with van der Waals surface area (Å²) in [5, 5.41) is 30.8. The van der Waals surface area contributed by atoms with Crippen LogP contribution in [0.15, 0.2) is 29.5 Å². The maximum atomic E-state index is 9.92. The van der Waals surface area contributed by atoms with Gasteiger partial charge in [-0.05, 0) is 43.5 Å². The van der Waals surface area contributed by atoms with Crippen LogP contribution in [0.1, 0.15) is 24.0 Å². The molecule has 0 spiro atoms. The SMILES string of the molecule is Cc1cc(NC(=S)/C(C#N)=C(\O)C2CC2)ccc1C#N. The number of nitrogens with zero attached hydrogens (tertiary/aromatic N) is 2. The molecular weight excluding hydrogens is 270 g/mol. The van der Waals surface area contributed by atoms with Crippen molar-refractivity contribution in [2.24, 2.45) is 5.92 Å². The molecule has 2 rings (SSSR count). The molecule has 1 saturated carbocycles. The van der Waals surface area contributed by atoms with Crippen molar-refractivity contribution < 1.29 is 5.11 Å². The number of allylic oxidation sites excluding steroid dienone is 1. The third-order valence-corrected chi connectivity index (χ3v) is 3.47. The van der Waals surface area contributed by atoms with E-state index in [1.165, 1.54) is 0 Å². The van der Waals surface area contributed by atoms with Gasteiger partial charge in [-0.3, -0.25) is 0 Å². The molecule has 0 aliphatic heterocycles. The van der Waals surface area contributed by atoms with Gasteiger partial charge in [0.2, 0.25) is 0 Å². The molecular formula is C15H13N3OS. The van der Waals surface area contributed by atoms with Crippen LogP contribution in [-0.2, 0) is 0 Å². The van der Waals surface area contributed by atoms with Gasteiger partial charge >= 0.3 is 0 Å². The van der Waals surface area contributed by atoms with Crippen molar-refractivity contribution in [2.45, 2.75) is 19.8 Å². The normalized spacial score (nSPS) is 14.8. The van der Waals surface area contributed by atoms with Crippen LogP contribution < -0.4 is 5.32 Å². The first kappa shape index (κ1) is 14.0. The smallest absolute Gasteiger partial charge is 0.125 e. The van der Waals surface area contributed by atoms with E-state index in [0.29, 0.717) is 11.3 Å². The van der Waals surface area contributed by atoms with Crippen molar-refractivity contribution in [3.63, 3.8) is 0 Å². The molecule has 2 N–H and O–H groups in total. The molecule has 0 aromatic heterocycles. The Labute approximate surface area is 123 Å². The second kappa shape index (κ2) is 5.73. The van der Waals surface area contributed by atoms with Crippen molar-refractivity contribution >= 4 is 22.9 Å². The molecule has 1 fully saturated rings. The average Bonchev–Trinajstić information content (AvgIpc) is 3.24. The monoisotopic (exact) mass is 283 g/mol. The number of aliphatic hydroxyl groups is 1. The number of rotatable bonds is 3. The quantitative estimate of drug-likeness (QED) is 0.385. The molecule has 1 aromatic rings. The molecule has 5 heteroatoms. The first-order valence-corrected chi connectivity index (χ1v) is 6.63. The van der Waals surface area contributed by atoms with Gasteiger partial charge in [-0.2, -0.15) is 10.5 Å². The van der Waals surface area contributed by atoms with Gasteiger partial charge < -0.3 is 10.4 Å². The van der Waals surface area contributed by atoms with E-state index in [0.717, 1.165) is 18.4 Å². The van der Waals surface area contributed by atoms with Gasteiger partial charge in [-0.1, -0.05) is 12.2 Å². The molecule has 0 saturated heterocycles. The van der Waals surface area contributed by atoms with Gasteiger partial charge in [0.1, 0.15) is 22.4 Å². The van der Waals surface area contributed by atoms with E-state index in [9.17, 15) is 5.11 Å². The summed E-state index contributed by atoms with van der Waals surface area (Å²) in [4.78, 5) is 0.209. The Morgan fingerprint density at radius 3 is 2.60 bits per heavy atom. The van der Waals surface area contributed by atoms with E-state index < -0.39 is 0 Å². The molecule has 0 unspecified atom stereocenters. The molecule has 1 aromatic carbocycles. The summed E-state index contributed by atoms with van der Waals surface area (Å²) >= 11 is 5.17. The van der Waals surface area contributed by atoms with Crippen molar-refractivity contribution in [1.82, 2.24) is 0 Å². The number of aliphatic hydroxyl groups excluding tert-OH is 1. The van der Waals surface area contributed by atoms with Crippen LogP contribution in [-0.4, -0.2) is 10.1 Å². The molecule has 100 valence electrons. The number of anilines is 1. The molecule has 0 atom stereocenters. The lowest BCUT2D eigenvalue weighted by molar-refractivity contribution is 0.377. The lowest BCUT2D eigenvalue weighted by Gasteiger charge is -2.09. The van der Waals surface area contributed by atoms with Crippen molar-refractivity contribution in [2.75, 3.05) is 5.32 Å². The van der Waals surface area contributed by atoms with Crippen molar-refractivity contribution in [3.8, 4) is 12.1 Å². The number of thiocarbonyl (C=S) groups is 1. The summed E-state index contributed by atoms with van der Waals surface area (Å²) in [6.07, 6.45) is 1.80. The second-order valence-corrected chi connectivity index (χ2v) is 5.15. The fourth-order valence-electron chi connectivity index (χ4n) is 1.85. The largest absolute Gasteiger partial charge is 0.511 e. The summed E-state index contributed by atoms with van der Waals surface area (Å²) in [5.74, 6) is 0.155. The average molecular weight is 283 g/mol. The van der Waals surface area contributed by atoms with E-state index >= 15 is 0 Å². The Bertz CT molecular complexity index is 675. The lowest BCUT2D eigenvalue weighted by Crippen LogP contribution is -2.14. The molecule has 0 radical (unpaired) electrons. The predicted octanol–water partition coefficient (Wildman–Crippen LogP) is 3.35. The Morgan fingerprint density at radius 2 is 2.10 bits per heavy atom. The van der Waals surface area contributed by atoms with Gasteiger partial charge in [-0.15, -0.1) is 0 Å². The minimum absolute atomic E-state index is 0.0760. The van der Waals surface area contributed by atoms with Gasteiger partial charge in [0.05, 0.1) is 11.6 Å². The minimum atomic E-state index is 0.0760. The van der Waals surface area contributed by atoms with E-state index in [4.69, 9.17) is 22.7 Å². The zero-order valence-electron chi connectivity index (χ0n) is 11.0. The highest BCUT2D eigenvalue weighted by atomic mass is 32.1. The maximum Gasteiger partial charge on any atom is 0.125 e. The number of nitriles is 2. The highest BCUT2D eigenvalue weighted by Crippen LogP contribution is 2.36. The number of nitrogens with one attached hydrogen (secondary N) is 1. The van der Waals surface area contributed by atoms with Gasteiger partial charge in [-0.25, -0.2) is 0 Å². The van der Waals surface area contributed by atoms with Crippen LogP contribution in [0, 0.1) is 35.5 Å². The number of hydrogen-bond acceptors (Lipinski definition) is 4. The van der Waals surface area contributed by atoms with E-state index in [-0.39, 0.29) is 22.2 Å². The van der Waals surface area contributed by atoms with Crippen LogP contribution in [0.5, 0.6) is 0 Å². The first-order chi connectivity index (χ1) is 9.56. The summed E-state index contributed by atoms with van der Waals surface area (Å²) in [6.45, 7) is 1.83. The molecule has 4 nitrogen and oxygen atoms in total. The molecule has 20 heavy (non-hydrogen) atoms. The fourth-order valence-corrected chi connectivity index (χ4v) is 2.11. The highest BCUT2D eigenvalue weighted by Gasteiger charge is 2.29. The molecule has 0 bridgehead atoms. The predicted molar refractivity (Wildman–Crippen MR) is 80.1 cm³/mol. The topological polar surface area (TPSA) is 79.8 Å². The highest BCUT2D eigenvalue weighted by molar-refractivity contribution is 7.81. The van der Waals surface area contributed by atoms with Crippen molar-refractivity contribution in [3.05, 3.63) is 40.7 Å². The summed E-state index contributed by atoms with van der Waals surface area (Å²) in [7, 11) is 0. The van der Waals surface area contributed by atoms with Gasteiger partial charge in [0.25, 0.3) is 0 Å². The number of hydrogen-bond donors (Lipinski definition) is 2. The fraction of sp³-hybridized carbons (Fsp3) is 0.267. The third kappa shape index (κ3) is 2.96. The molecule has 1 aliphatic carbocycles. The Hall–Kier alpha value is -2.37. The van der Waals surface area contributed by atoms with Crippen LogP contribution in [0.3, 0.4) is 0 Å². The first-order valence-electron chi connectivity index (χ1n) is 6.22. The Balaban J connectivity index is 2.20. The molecule has 0 heterocycles. The van der Waals surface area contributed by atoms with E-state index in [1.807, 2.05) is 13.0 Å². The summed E-state index contributed by atoms with van der Waals surface area (Å²) in [6, 6.07) is 9.24. The van der Waals surface area contributed by atoms with Crippen LogP contribution in [0.4, 0.5) is 5.69 Å². The summed E-state index contributed by atoms with van der Waals surface area (Å²) in [5.41, 5.74) is 2.25. The molecule has 1 aliphatic rings. The standard InChI is InChI=1S/C15H13N3OS/c1-9-6-12(5-4-11(9)7-16)18-15(20)13(8-17)14(19)10-2-3-10/h4-6,10,19H,2-3H2,1H3,(H,18,20)/b14-13-. The minimum Gasteiger partial charge on any atom is -0.511 e. The lowest BCUT2D eigenvalue weighted by atomic mass is 10.1. The van der Waals surface area contributed by atoms with E-state index in [1.54, 1.807) is 18.2 Å². The second-order valence-electron chi connectivity index (χ2n) is 4.74. The van der Waals surface area contributed by atoms with Crippen molar-refractivity contribution in [1.29, 1.82) is 10.5 Å². The van der Waals surface area contributed by atoms with Crippen LogP contribution >= 0.6 is 12.2 Å². The van der Waals surface area contributed by atoms with Crippen LogP contribution in [0.25, 0.3) is 0 Å². The van der Waals surface area contributed by atoms with E-state index in [2.05, 4.69) is 11.4 Å². The summed E-state index contributed by atoms with van der Waals surface area (Å²) < 4.78 is 0. The zero-order chi connectivity index (χ0) is 14.7. The zero-order valence-corrected chi connectivity index (χ0v) is 11.8. The number of benzene rings is 1. The third-order valence-electron chi connectivity index (χ3n) is 3.16. The van der Waals surface area contributed by atoms with Gasteiger partial charge in [0.15, 0.2) is 0 Å². The number of aryl methyl sites for hydroxylation is 1. The van der Waals surface area contributed by atoms with Gasteiger partial charge in [0, 0.05) is 11.6 Å². The Morgan fingerprint density at radius 1 is 1.40 bits per heavy atom. The Kier molecular flexibility index (Phi) is 4.02.